The Morgan fingerprint density at radius 1 is 1.00 bits per heavy atom. The molecule has 1 aliphatic heterocycles. The number of hydrogen-bond acceptors (Lipinski definition) is 6. The SMILES string of the molecule is O=C(CSc1ncnc2c1sc1nc(-c3ccccc3)c3c(c12)CCC3)N1CCCCC1. The van der Waals surface area contributed by atoms with E-state index in [1.807, 2.05) is 11.0 Å². The van der Waals surface area contributed by atoms with Crippen molar-refractivity contribution in [1.82, 2.24) is 19.9 Å². The van der Waals surface area contributed by atoms with E-state index in [9.17, 15) is 4.79 Å². The second kappa shape index (κ2) is 8.45. The van der Waals surface area contributed by atoms with Crippen LogP contribution >= 0.6 is 23.1 Å². The highest BCUT2D eigenvalue weighted by Gasteiger charge is 2.25. The number of carbonyl (C=O) groups excluding carboxylic acids is 1. The van der Waals surface area contributed by atoms with E-state index in [2.05, 4.69) is 34.2 Å². The maximum absolute atomic E-state index is 12.7. The first-order valence-electron chi connectivity index (χ1n) is 11.3. The van der Waals surface area contributed by atoms with Crippen molar-refractivity contribution in [3.63, 3.8) is 0 Å². The highest BCUT2D eigenvalue weighted by Crippen LogP contribution is 2.43. The second-order valence-corrected chi connectivity index (χ2v) is 10.5. The first-order valence-corrected chi connectivity index (χ1v) is 13.1. The van der Waals surface area contributed by atoms with Gasteiger partial charge in [-0.15, -0.1) is 11.3 Å². The number of pyridine rings is 1. The van der Waals surface area contributed by atoms with Gasteiger partial charge in [0.05, 0.1) is 21.7 Å². The van der Waals surface area contributed by atoms with Gasteiger partial charge in [-0.1, -0.05) is 42.1 Å². The van der Waals surface area contributed by atoms with E-state index in [4.69, 9.17) is 4.98 Å². The molecule has 1 fully saturated rings. The van der Waals surface area contributed by atoms with Gasteiger partial charge in [-0.05, 0) is 49.7 Å². The van der Waals surface area contributed by atoms with Gasteiger partial charge in [-0.3, -0.25) is 4.79 Å². The molecule has 1 saturated heterocycles. The Hall–Kier alpha value is -2.51. The Morgan fingerprint density at radius 2 is 1.81 bits per heavy atom. The molecule has 0 unspecified atom stereocenters. The standard InChI is InChI=1S/C25H24N4OS2/c30-19(29-12-5-2-6-13-29)14-31-25-23-22(26-15-27-25)20-17-10-7-11-18(17)21(28-24(20)32-23)16-8-3-1-4-9-16/h1,3-4,8-9,15H,2,5-7,10-14H2. The van der Waals surface area contributed by atoms with Gasteiger partial charge in [-0.2, -0.15) is 0 Å². The van der Waals surface area contributed by atoms with Crippen LogP contribution in [-0.2, 0) is 17.6 Å². The van der Waals surface area contributed by atoms with Crippen molar-refractivity contribution in [2.45, 2.75) is 43.6 Å². The summed E-state index contributed by atoms with van der Waals surface area (Å²) in [6, 6.07) is 10.5. The molecule has 0 radical (unpaired) electrons. The van der Waals surface area contributed by atoms with E-state index >= 15 is 0 Å². The minimum Gasteiger partial charge on any atom is -0.342 e. The maximum Gasteiger partial charge on any atom is 0.232 e. The summed E-state index contributed by atoms with van der Waals surface area (Å²) in [5.41, 5.74) is 6.06. The summed E-state index contributed by atoms with van der Waals surface area (Å²) in [6.07, 6.45) is 8.40. The van der Waals surface area contributed by atoms with Crippen molar-refractivity contribution < 1.29 is 4.79 Å². The molecule has 4 heterocycles. The number of carbonyl (C=O) groups is 1. The summed E-state index contributed by atoms with van der Waals surface area (Å²) in [5.74, 6) is 0.647. The minimum absolute atomic E-state index is 0.216. The molecule has 0 bridgehead atoms. The molecule has 0 N–H and O–H groups in total. The Bertz CT molecular complexity index is 1310. The molecule has 162 valence electrons. The monoisotopic (exact) mass is 460 g/mol. The topological polar surface area (TPSA) is 59.0 Å². The fourth-order valence-electron chi connectivity index (χ4n) is 4.98. The largest absolute Gasteiger partial charge is 0.342 e. The van der Waals surface area contributed by atoms with Gasteiger partial charge in [0, 0.05) is 24.0 Å². The molecular weight excluding hydrogens is 436 g/mol. The van der Waals surface area contributed by atoms with E-state index in [1.54, 1.807) is 29.4 Å². The molecule has 1 aliphatic carbocycles. The second-order valence-electron chi connectivity index (χ2n) is 8.51. The molecule has 0 atom stereocenters. The zero-order valence-corrected chi connectivity index (χ0v) is 19.5. The summed E-state index contributed by atoms with van der Waals surface area (Å²) in [6.45, 7) is 1.78. The van der Waals surface area contributed by atoms with Gasteiger partial charge in [0.25, 0.3) is 0 Å². The predicted octanol–water partition coefficient (Wildman–Crippen LogP) is 5.50. The van der Waals surface area contributed by atoms with Crippen LogP contribution in [-0.4, -0.2) is 44.6 Å². The molecule has 5 nitrogen and oxygen atoms in total. The van der Waals surface area contributed by atoms with Gasteiger partial charge in [0.2, 0.25) is 5.91 Å². The molecule has 32 heavy (non-hydrogen) atoms. The zero-order valence-electron chi connectivity index (χ0n) is 17.8. The number of thiophene rings is 1. The molecule has 3 aromatic heterocycles. The Morgan fingerprint density at radius 3 is 2.66 bits per heavy atom. The summed E-state index contributed by atoms with van der Waals surface area (Å²) in [4.78, 5) is 30.1. The van der Waals surface area contributed by atoms with Crippen LogP contribution < -0.4 is 0 Å². The summed E-state index contributed by atoms with van der Waals surface area (Å²) < 4.78 is 1.06. The van der Waals surface area contributed by atoms with Crippen LogP contribution in [0, 0.1) is 0 Å². The third-order valence-electron chi connectivity index (χ3n) is 6.53. The minimum atomic E-state index is 0.216. The van der Waals surface area contributed by atoms with Crippen molar-refractivity contribution in [3.8, 4) is 11.3 Å². The lowest BCUT2D eigenvalue weighted by atomic mass is 10.0. The smallest absolute Gasteiger partial charge is 0.232 e. The molecule has 1 aromatic carbocycles. The molecule has 0 spiro atoms. The van der Waals surface area contributed by atoms with Gasteiger partial charge in [0.1, 0.15) is 16.2 Å². The lowest BCUT2D eigenvalue weighted by molar-refractivity contribution is -0.129. The number of rotatable bonds is 4. The molecule has 1 amide bonds. The third-order valence-corrected chi connectivity index (χ3v) is 8.71. The first kappa shape index (κ1) is 20.1. The summed E-state index contributed by atoms with van der Waals surface area (Å²) in [5, 5.41) is 2.10. The number of likely N-dealkylation sites (tertiary alicyclic amines) is 1. The van der Waals surface area contributed by atoms with E-state index in [0.717, 1.165) is 71.0 Å². The zero-order chi connectivity index (χ0) is 21.5. The van der Waals surface area contributed by atoms with Crippen LogP contribution in [0.25, 0.3) is 31.7 Å². The molecule has 6 rings (SSSR count). The average molecular weight is 461 g/mol. The normalized spacial score (nSPS) is 16.1. The number of fused-ring (bicyclic) bond motifs is 5. The van der Waals surface area contributed by atoms with Crippen LogP contribution in [0.15, 0.2) is 41.7 Å². The number of piperidine rings is 1. The van der Waals surface area contributed by atoms with Gasteiger partial charge in [-0.25, -0.2) is 15.0 Å². The summed E-state index contributed by atoms with van der Waals surface area (Å²) in [7, 11) is 0. The molecule has 0 saturated carbocycles. The van der Waals surface area contributed by atoms with Gasteiger partial charge in [0.15, 0.2) is 0 Å². The van der Waals surface area contributed by atoms with Crippen molar-refractivity contribution in [3.05, 3.63) is 47.8 Å². The number of aromatic nitrogens is 3. The number of aryl methyl sites for hydroxylation is 1. The first-order chi connectivity index (χ1) is 15.8. The molecule has 2 aliphatic rings. The van der Waals surface area contributed by atoms with Crippen LogP contribution in [0.1, 0.15) is 36.8 Å². The molecule has 4 aromatic rings. The van der Waals surface area contributed by atoms with Crippen molar-refractivity contribution >= 4 is 49.4 Å². The van der Waals surface area contributed by atoms with Gasteiger partial charge < -0.3 is 4.90 Å². The highest BCUT2D eigenvalue weighted by atomic mass is 32.2. The van der Waals surface area contributed by atoms with E-state index in [-0.39, 0.29) is 5.91 Å². The van der Waals surface area contributed by atoms with Crippen molar-refractivity contribution in [2.75, 3.05) is 18.8 Å². The van der Waals surface area contributed by atoms with E-state index in [1.165, 1.54) is 28.5 Å². The number of amides is 1. The lowest BCUT2D eigenvalue weighted by Crippen LogP contribution is -2.36. The lowest BCUT2D eigenvalue weighted by Gasteiger charge is -2.26. The fourth-order valence-corrected chi connectivity index (χ4v) is 7.12. The predicted molar refractivity (Wildman–Crippen MR) is 131 cm³/mol. The van der Waals surface area contributed by atoms with Crippen LogP contribution in [0.3, 0.4) is 0 Å². The van der Waals surface area contributed by atoms with Gasteiger partial charge >= 0.3 is 0 Å². The van der Waals surface area contributed by atoms with Crippen molar-refractivity contribution in [1.29, 1.82) is 0 Å². The number of thioether (sulfide) groups is 1. The quantitative estimate of drug-likeness (QED) is 0.297. The number of nitrogens with zero attached hydrogens (tertiary/aromatic N) is 4. The number of benzene rings is 1. The Kier molecular flexibility index (Phi) is 5.31. The fraction of sp³-hybridized carbons (Fsp3) is 0.360. The summed E-state index contributed by atoms with van der Waals surface area (Å²) >= 11 is 3.21. The van der Waals surface area contributed by atoms with Crippen molar-refractivity contribution in [2.24, 2.45) is 0 Å². The Balaban J connectivity index is 1.40. The van der Waals surface area contributed by atoms with E-state index < -0.39 is 0 Å². The third kappa shape index (κ3) is 3.48. The molecule has 7 heteroatoms. The highest BCUT2D eigenvalue weighted by molar-refractivity contribution is 8.00. The van der Waals surface area contributed by atoms with E-state index in [0.29, 0.717) is 5.75 Å². The maximum atomic E-state index is 12.7. The van der Waals surface area contributed by atoms with Crippen LogP contribution in [0.5, 0.6) is 0 Å². The van der Waals surface area contributed by atoms with Crippen LogP contribution in [0.4, 0.5) is 0 Å². The molecular formula is C25H24N4OS2. The van der Waals surface area contributed by atoms with Crippen LogP contribution in [0.2, 0.25) is 0 Å². The number of hydrogen-bond donors (Lipinski definition) is 0. The average Bonchev–Trinajstić information content (AvgIpc) is 3.48. The Labute approximate surface area is 195 Å².